The summed E-state index contributed by atoms with van der Waals surface area (Å²) in [6.45, 7) is 3.87. The minimum atomic E-state index is -1.55. The fourth-order valence-corrected chi connectivity index (χ4v) is 11.5. The number of rotatable bonds is 62. The van der Waals surface area contributed by atoms with Crippen molar-refractivity contribution in [3.05, 3.63) is 36.5 Å². The molecular formula is C71H135NO8. The van der Waals surface area contributed by atoms with E-state index in [0.29, 0.717) is 12.8 Å². The Kier molecular flexibility index (Phi) is 57.8. The van der Waals surface area contributed by atoms with Crippen LogP contribution in [0.2, 0.25) is 0 Å². The Bertz CT molecular complexity index is 1360. The largest absolute Gasteiger partial charge is 0.394 e. The van der Waals surface area contributed by atoms with E-state index < -0.39 is 49.5 Å². The van der Waals surface area contributed by atoms with Gasteiger partial charge in [0.1, 0.15) is 24.4 Å². The van der Waals surface area contributed by atoms with E-state index in [-0.39, 0.29) is 12.5 Å². The van der Waals surface area contributed by atoms with E-state index in [1.165, 1.54) is 276 Å². The predicted molar refractivity (Wildman–Crippen MR) is 341 cm³/mol. The van der Waals surface area contributed by atoms with Crippen molar-refractivity contribution in [1.82, 2.24) is 5.32 Å². The highest BCUT2D eigenvalue weighted by atomic mass is 16.7. The summed E-state index contributed by atoms with van der Waals surface area (Å²) in [7, 11) is 0. The van der Waals surface area contributed by atoms with Gasteiger partial charge < -0.3 is 40.3 Å². The first kappa shape index (κ1) is 76.4. The fourth-order valence-electron chi connectivity index (χ4n) is 11.5. The van der Waals surface area contributed by atoms with Crippen molar-refractivity contribution in [3.63, 3.8) is 0 Å². The molecular weight excluding hydrogens is 995 g/mol. The molecule has 1 aliphatic heterocycles. The number of carbonyl (C=O) groups is 1. The van der Waals surface area contributed by atoms with E-state index >= 15 is 0 Å². The van der Waals surface area contributed by atoms with Crippen LogP contribution >= 0.6 is 0 Å². The molecule has 0 saturated carbocycles. The zero-order chi connectivity index (χ0) is 57.9. The summed E-state index contributed by atoms with van der Waals surface area (Å²) >= 11 is 0. The van der Waals surface area contributed by atoms with E-state index in [1.54, 1.807) is 0 Å². The maximum Gasteiger partial charge on any atom is 0.220 e. The van der Waals surface area contributed by atoms with E-state index in [2.05, 4.69) is 55.6 Å². The van der Waals surface area contributed by atoms with Crippen LogP contribution in [0.5, 0.6) is 0 Å². The monoisotopic (exact) mass is 1130 g/mol. The molecule has 6 N–H and O–H groups in total. The molecule has 0 radical (unpaired) electrons. The molecule has 0 bridgehead atoms. The number of carbonyl (C=O) groups excluding carboxylic acids is 1. The van der Waals surface area contributed by atoms with Crippen LogP contribution in [0.4, 0.5) is 0 Å². The number of unbranched alkanes of at least 4 members (excludes halogenated alkanes) is 46. The Hall–Kier alpha value is -1.59. The summed E-state index contributed by atoms with van der Waals surface area (Å²) in [5.41, 5.74) is 0. The van der Waals surface area contributed by atoms with Gasteiger partial charge in [-0.25, -0.2) is 0 Å². The fraction of sp³-hybridized carbons (Fsp3) is 0.901. The van der Waals surface area contributed by atoms with Crippen molar-refractivity contribution in [2.24, 2.45) is 0 Å². The molecule has 1 saturated heterocycles. The van der Waals surface area contributed by atoms with Crippen LogP contribution in [0.15, 0.2) is 36.5 Å². The van der Waals surface area contributed by atoms with E-state index in [1.807, 2.05) is 0 Å². The molecule has 7 unspecified atom stereocenters. The van der Waals surface area contributed by atoms with Gasteiger partial charge in [-0.2, -0.15) is 0 Å². The van der Waals surface area contributed by atoms with Crippen LogP contribution in [0.1, 0.15) is 354 Å². The topological polar surface area (TPSA) is 149 Å². The molecule has 80 heavy (non-hydrogen) atoms. The molecule has 472 valence electrons. The van der Waals surface area contributed by atoms with Crippen molar-refractivity contribution in [2.75, 3.05) is 13.2 Å². The molecule has 0 aliphatic carbocycles. The third-order valence-electron chi connectivity index (χ3n) is 17.0. The molecule has 1 fully saturated rings. The van der Waals surface area contributed by atoms with Crippen LogP contribution in [-0.4, -0.2) is 87.5 Å². The number of allylic oxidation sites excluding steroid dienone is 6. The molecule has 9 nitrogen and oxygen atoms in total. The Balaban J connectivity index is 2.06. The second-order valence-corrected chi connectivity index (χ2v) is 24.7. The molecule has 1 rings (SSSR count). The van der Waals surface area contributed by atoms with Crippen molar-refractivity contribution in [3.8, 4) is 0 Å². The average molecular weight is 1130 g/mol. The lowest BCUT2D eigenvalue weighted by Crippen LogP contribution is -2.60. The Morgan fingerprint density at radius 2 is 0.738 bits per heavy atom. The van der Waals surface area contributed by atoms with Gasteiger partial charge in [-0.15, -0.1) is 0 Å². The summed E-state index contributed by atoms with van der Waals surface area (Å²) in [5.74, 6) is -0.137. The van der Waals surface area contributed by atoms with E-state index in [0.717, 1.165) is 51.4 Å². The molecule has 1 amide bonds. The zero-order valence-electron chi connectivity index (χ0n) is 52.9. The summed E-state index contributed by atoms with van der Waals surface area (Å²) in [6, 6.07) is -0.718. The van der Waals surface area contributed by atoms with Crippen LogP contribution < -0.4 is 5.32 Å². The predicted octanol–water partition coefficient (Wildman–Crippen LogP) is 19.0. The minimum absolute atomic E-state index is 0.133. The van der Waals surface area contributed by atoms with Gasteiger partial charge in [-0.1, -0.05) is 333 Å². The zero-order valence-corrected chi connectivity index (χ0v) is 52.9. The lowest BCUT2D eigenvalue weighted by atomic mass is 9.99. The van der Waals surface area contributed by atoms with Crippen molar-refractivity contribution in [1.29, 1.82) is 0 Å². The molecule has 0 spiro atoms. The van der Waals surface area contributed by atoms with Crippen LogP contribution in [0, 0.1) is 0 Å². The molecule has 0 aromatic carbocycles. The molecule has 9 heteroatoms. The highest BCUT2D eigenvalue weighted by molar-refractivity contribution is 5.76. The van der Waals surface area contributed by atoms with Gasteiger partial charge >= 0.3 is 0 Å². The summed E-state index contributed by atoms with van der Waals surface area (Å²) < 4.78 is 11.4. The standard InChI is InChI=1S/C71H135NO8/c1-3-5-7-9-11-13-15-17-19-21-23-25-26-27-28-29-30-31-32-33-34-35-36-37-38-39-40-41-43-45-47-49-51-53-55-57-59-61-67(75)72-64(63-79-71-70(78)69(77)68(76)66(62-73)80-71)65(74)60-58-56-54-52-50-48-46-44-42-24-22-20-18-16-14-12-10-8-6-4-2/h15,17,21,23,26-27,64-66,68-71,73-74,76-78H,3-14,16,18-20,22,24-25,28-63H2,1-2H3,(H,72,75)/b17-15-,23-21-,27-26-. The highest BCUT2D eigenvalue weighted by Gasteiger charge is 2.44. The second-order valence-electron chi connectivity index (χ2n) is 24.7. The van der Waals surface area contributed by atoms with E-state index in [9.17, 15) is 30.3 Å². The van der Waals surface area contributed by atoms with Gasteiger partial charge in [0.05, 0.1) is 25.4 Å². The third-order valence-corrected chi connectivity index (χ3v) is 17.0. The normalized spacial score (nSPS) is 18.6. The highest BCUT2D eigenvalue weighted by Crippen LogP contribution is 2.24. The first-order valence-corrected chi connectivity index (χ1v) is 35.2. The van der Waals surface area contributed by atoms with Gasteiger partial charge in [0.15, 0.2) is 6.29 Å². The number of nitrogens with one attached hydrogen (secondary N) is 1. The third kappa shape index (κ3) is 48.7. The van der Waals surface area contributed by atoms with E-state index in [4.69, 9.17) is 9.47 Å². The maximum absolute atomic E-state index is 13.1. The molecule has 7 atom stereocenters. The van der Waals surface area contributed by atoms with Crippen molar-refractivity contribution in [2.45, 2.75) is 397 Å². The SMILES string of the molecule is CCCCCCC/C=C\C/C=C\C/C=C\CCCCCCCCCCCCCCCCCCCCCCCCC(=O)NC(COC1OC(CO)C(O)C(O)C1O)C(O)CCCCCCCCCCCCCCCCCCCCCC. The number of aliphatic hydroxyl groups is 5. The number of hydrogen-bond donors (Lipinski definition) is 6. The van der Waals surface area contributed by atoms with Crippen LogP contribution in [-0.2, 0) is 14.3 Å². The number of aliphatic hydroxyl groups excluding tert-OH is 5. The van der Waals surface area contributed by atoms with Gasteiger partial charge in [0.2, 0.25) is 5.91 Å². The smallest absolute Gasteiger partial charge is 0.220 e. The first-order chi connectivity index (χ1) is 39.3. The van der Waals surface area contributed by atoms with Gasteiger partial charge in [0.25, 0.3) is 0 Å². The van der Waals surface area contributed by atoms with Gasteiger partial charge in [-0.3, -0.25) is 4.79 Å². The summed E-state index contributed by atoms with van der Waals surface area (Å²) in [4.78, 5) is 13.1. The van der Waals surface area contributed by atoms with Crippen molar-refractivity contribution >= 4 is 5.91 Å². The quantitative estimate of drug-likeness (QED) is 0.0261. The molecule has 0 aromatic heterocycles. The lowest BCUT2D eigenvalue weighted by Gasteiger charge is -2.40. The Labute approximate surface area is 495 Å². The lowest BCUT2D eigenvalue weighted by molar-refractivity contribution is -0.302. The number of amides is 1. The minimum Gasteiger partial charge on any atom is -0.394 e. The first-order valence-electron chi connectivity index (χ1n) is 35.2. The van der Waals surface area contributed by atoms with Gasteiger partial charge in [0, 0.05) is 6.42 Å². The summed E-state index contributed by atoms with van der Waals surface area (Å²) in [6.07, 6.45) is 73.6. The van der Waals surface area contributed by atoms with Crippen molar-refractivity contribution < 1.29 is 39.8 Å². The number of hydrogen-bond acceptors (Lipinski definition) is 8. The average Bonchev–Trinajstić information content (AvgIpc) is 3.46. The second kappa shape index (κ2) is 60.5. The van der Waals surface area contributed by atoms with Crippen LogP contribution in [0.3, 0.4) is 0 Å². The summed E-state index contributed by atoms with van der Waals surface area (Å²) in [5, 5.41) is 54.9. The Morgan fingerprint density at radius 3 is 1.09 bits per heavy atom. The molecule has 1 aliphatic rings. The van der Waals surface area contributed by atoms with Crippen LogP contribution in [0.25, 0.3) is 0 Å². The molecule has 1 heterocycles. The van der Waals surface area contributed by atoms with Gasteiger partial charge in [-0.05, 0) is 51.4 Å². The number of ether oxygens (including phenoxy) is 2. The maximum atomic E-state index is 13.1. The Morgan fingerprint density at radius 1 is 0.425 bits per heavy atom. The molecule has 0 aromatic rings.